The minimum Gasteiger partial charge on any atom is -0.508 e. The van der Waals surface area contributed by atoms with E-state index in [1.165, 1.54) is 6.07 Å². The lowest BCUT2D eigenvalue weighted by Gasteiger charge is -2.22. The second kappa shape index (κ2) is 5.51. The molecule has 17 heavy (non-hydrogen) atoms. The predicted octanol–water partition coefficient (Wildman–Crippen LogP) is 1.10. The molecule has 1 fully saturated rings. The predicted molar refractivity (Wildman–Crippen MR) is 67.5 cm³/mol. The molecule has 0 aromatic heterocycles. The van der Waals surface area contributed by atoms with E-state index in [-0.39, 0.29) is 11.5 Å². The van der Waals surface area contributed by atoms with Gasteiger partial charge in [0.1, 0.15) is 11.5 Å². The first-order chi connectivity index (χ1) is 8.15. The summed E-state index contributed by atoms with van der Waals surface area (Å²) in [6, 6.07) is 4.99. The van der Waals surface area contributed by atoms with Gasteiger partial charge in [0.15, 0.2) is 0 Å². The molecule has 0 spiro atoms. The average Bonchev–Trinajstić information content (AvgIpc) is 2.30. The summed E-state index contributed by atoms with van der Waals surface area (Å²) in [5.41, 5.74) is 0.773. The molecule has 1 saturated heterocycles. The van der Waals surface area contributed by atoms with E-state index in [1.807, 2.05) is 0 Å². The Morgan fingerprint density at radius 3 is 2.65 bits per heavy atom. The van der Waals surface area contributed by atoms with Gasteiger partial charge in [0, 0.05) is 46.5 Å². The van der Waals surface area contributed by atoms with Crippen LogP contribution in [0.3, 0.4) is 0 Å². The molecule has 0 bridgehead atoms. The fraction of sp³-hybridized carbons (Fsp3) is 0.500. The number of hydrogen-bond acceptors (Lipinski definition) is 4. The standard InChI is InChI=1S/C12H17NO3S/c14-11-2-1-9(12(15)7-11)8-13-10-3-5-17(16)6-4-10/h1-2,7,10,13-15H,3-6,8H2. The van der Waals surface area contributed by atoms with Gasteiger partial charge in [-0.2, -0.15) is 0 Å². The van der Waals surface area contributed by atoms with E-state index in [1.54, 1.807) is 12.1 Å². The van der Waals surface area contributed by atoms with Gasteiger partial charge in [0.05, 0.1) is 0 Å². The molecule has 1 aromatic carbocycles. The highest BCUT2D eigenvalue weighted by Crippen LogP contribution is 2.22. The summed E-state index contributed by atoms with van der Waals surface area (Å²) in [5, 5.41) is 22.1. The number of phenolic OH excluding ortho intramolecular Hbond substituents is 2. The van der Waals surface area contributed by atoms with E-state index in [4.69, 9.17) is 5.11 Å². The number of rotatable bonds is 3. The molecule has 0 radical (unpaired) electrons. The SMILES string of the molecule is O=S1CCC(NCc2ccc(O)cc2O)CC1. The summed E-state index contributed by atoms with van der Waals surface area (Å²) in [5.74, 6) is 1.70. The van der Waals surface area contributed by atoms with E-state index in [2.05, 4.69) is 5.32 Å². The number of hydrogen-bond donors (Lipinski definition) is 3. The quantitative estimate of drug-likeness (QED) is 0.756. The van der Waals surface area contributed by atoms with Crippen molar-refractivity contribution < 1.29 is 14.4 Å². The molecule has 5 heteroatoms. The highest BCUT2D eigenvalue weighted by molar-refractivity contribution is 7.85. The second-order valence-electron chi connectivity index (χ2n) is 4.32. The third-order valence-corrected chi connectivity index (χ3v) is 4.42. The lowest BCUT2D eigenvalue weighted by atomic mass is 10.1. The fourth-order valence-corrected chi connectivity index (χ4v) is 3.25. The van der Waals surface area contributed by atoms with Gasteiger partial charge in [-0.3, -0.25) is 4.21 Å². The maximum atomic E-state index is 11.2. The van der Waals surface area contributed by atoms with Crippen LogP contribution in [0.25, 0.3) is 0 Å². The summed E-state index contributed by atoms with van der Waals surface area (Å²) >= 11 is 0. The molecule has 1 aliphatic rings. The lowest BCUT2D eigenvalue weighted by molar-refractivity contribution is 0.433. The molecule has 2 rings (SSSR count). The van der Waals surface area contributed by atoms with Crippen LogP contribution in [0.1, 0.15) is 18.4 Å². The summed E-state index contributed by atoms with van der Waals surface area (Å²) in [6.45, 7) is 0.573. The van der Waals surface area contributed by atoms with Crippen LogP contribution in [0.15, 0.2) is 18.2 Å². The van der Waals surface area contributed by atoms with Crippen molar-refractivity contribution in [2.24, 2.45) is 0 Å². The Hall–Kier alpha value is -1.07. The van der Waals surface area contributed by atoms with Crippen molar-refractivity contribution in [3.8, 4) is 11.5 Å². The van der Waals surface area contributed by atoms with Crippen molar-refractivity contribution in [2.75, 3.05) is 11.5 Å². The van der Waals surface area contributed by atoms with Crippen molar-refractivity contribution in [2.45, 2.75) is 25.4 Å². The molecule has 0 aliphatic carbocycles. The Bertz CT molecular complexity index is 412. The third kappa shape index (κ3) is 3.44. The lowest BCUT2D eigenvalue weighted by Crippen LogP contribution is -2.35. The Morgan fingerprint density at radius 2 is 2.00 bits per heavy atom. The Kier molecular flexibility index (Phi) is 4.02. The molecule has 0 unspecified atom stereocenters. The van der Waals surface area contributed by atoms with Crippen molar-refractivity contribution in [3.05, 3.63) is 23.8 Å². The molecule has 3 N–H and O–H groups in total. The summed E-state index contributed by atoms with van der Waals surface area (Å²) in [6.07, 6.45) is 1.84. The third-order valence-electron chi connectivity index (χ3n) is 3.04. The Morgan fingerprint density at radius 1 is 1.29 bits per heavy atom. The van der Waals surface area contributed by atoms with Gasteiger partial charge in [0.25, 0.3) is 0 Å². The largest absolute Gasteiger partial charge is 0.508 e. The van der Waals surface area contributed by atoms with Crippen LogP contribution in [0.2, 0.25) is 0 Å². The van der Waals surface area contributed by atoms with Gasteiger partial charge >= 0.3 is 0 Å². The smallest absolute Gasteiger partial charge is 0.123 e. The van der Waals surface area contributed by atoms with Crippen LogP contribution < -0.4 is 5.32 Å². The van der Waals surface area contributed by atoms with E-state index in [0.717, 1.165) is 29.9 Å². The number of nitrogens with one attached hydrogen (secondary N) is 1. The summed E-state index contributed by atoms with van der Waals surface area (Å²) in [7, 11) is -0.639. The number of benzene rings is 1. The van der Waals surface area contributed by atoms with Gasteiger partial charge in [0.2, 0.25) is 0 Å². The Balaban J connectivity index is 1.87. The zero-order valence-electron chi connectivity index (χ0n) is 9.56. The summed E-state index contributed by atoms with van der Waals surface area (Å²) < 4.78 is 11.2. The maximum Gasteiger partial charge on any atom is 0.123 e. The molecule has 0 saturated carbocycles. The molecule has 1 aliphatic heterocycles. The maximum absolute atomic E-state index is 11.2. The molecule has 0 amide bonds. The molecule has 94 valence electrons. The first-order valence-corrected chi connectivity index (χ1v) is 7.23. The minimum absolute atomic E-state index is 0.0688. The van der Waals surface area contributed by atoms with Crippen LogP contribution in [0, 0.1) is 0 Å². The van der Waals surface area contributed by atoms with Crippen LogP contribution >= 0.6 is 0 Å². The van der Waals surface area contributed by atoms with Gasteiger partial charge in [-0.25, -0.2) is 0 Å². The van der Waals surface area contributed by atoms with Crippen molar-refractivity contribution >= 4 is 10.8 Å². The van der Waals surface area contributed by atoms with Crippen molar-refractivity contribution in [3.63, 3.8) is 0 Å². The van der Waals surface area contributed by atoms with Crippen LogP contribution in [0.4, 0.5) is 0 Å². The molecule has 1 heterocycles. The van der Waals surface area contributed by atoms with E-state index < -0.39 is 10.8 Å². The molecular formula is C12H17NO3S. The van der Waals surface area contributed by atoms with Gasteiger partial charge < -0.3 is 15.5 Å². The topological polar surface area (TPSA) is 69.6 Å². The van der Waals surface area contributed by atoms with E-state index >= 15 is 0 Å². The molecule has 1 aromatic rings. The highest BCUT2D eigenvalue weighted by Gasteiger charge is 2.17. The first kappa shape index (κ1) is 12.4. The van der Waals surface area contributed by atoms with Gasteiger partial charge in [-0.1, -0.05) is 6.07 Å². The molecule has 4 nitrogen and oxygen atoms in total. The average molecular weight is 255 g/mol. The Labute approximate surface area is 103 Å². The van der Waals surface area contributed by atoms with Gasteiger partial charge in [-0.15, -0.1) is 0 Å². The zero-order chi connectivity index (χ0) is 12.3. The second-order valence-corrected chi connectivity index (χ2v) is 6.01. The monoisotopic (exact) mass is 255 g/mol. The van der Waals surface area contributed by atoms with Gasteiger partial charge in [-0.05, 0) is 18.9 Å². The zero-order valence-corrected chi connectivity index (χ0v) is 10.4. The van der Waals surface area contributed by atoms with Crippen molar-refractivity contribution in [1.29, 1.82) is 0 Å². The normalized spacial score (nSPS) is 24.7. The van der Waals surface area contributed by atoms with E-state index in [9.17, 15) is 9.32 Å². The van der Waals surface area contributed by atoms with E-state index in [0.29, 0.717) is 12.6 Å². The minimum atomic E-state index is -0.639. The summed E-state index contributed by atoms with van der Waals surface area (Å²) in [4.78, 5) is 0. The van der Waals surface area contributed by atoms with Crippen LogP contribution in [-0.2, 0) is 17.3 Å². The molecule has 0 atom stereocenters. The fourth-order valence-electron chi connectivity index (χ4n) is 1.95. The highest BCUT2D eigenvalue weighted by atomic mass is 32.2. The first-order valence-electron chi connectivity index (χ1n) is 5.74. The molecular weight excluding hydrogens is 238 g/mol. The van der Waals surface area contributed by atoms with Crippen LogP contribution in [-0.4, -0.2) is 32.0 Å². The van der Waals surface area contributed by atoms with Crippen LogP contribution in [0.5, 0.6) is 11.5 Å². The van der Waals surface area contributed by atoms with Crippen molar-refractivity contribution in [1.82, 2.24) is 5.32 Å². The number of phenols is 2. The number of aromatic hydroxyl groups is 2.